The third-order valence-corrected chi connectivity index (χ3v) is 8.74. The summed E-state index contributed by atoms with van der Waals surface area (Å²) in [5, 5.41) is 12.7. The molecule has 6 nitrogen and oxygen atoms in total. The van der Waals surface area contributed by atoms with Crippen molar-refractivity contribution in [2.75, 3.05) is 13.1 Å². The average Bonchev–Trinajstić information content (AvgIpc) is 3.50. The van der Waals surface area contributed by atoms with E-state index in [2.05, 4.69) is 29.2 Å². The Bertz CT molecular complexity index is 1260. The van der Waals surface area contributed by atoms with Crippen LogP contribution in [-0.2, 0) is 5.41 Å². The third-order valence-electron chi connectivity index (χ3n) is 8.74. The Kier molecular flexibility index (Phi) is 4.66. The van der Waals surface area contributed by atoms with Crippen LogP contribution in [0, 0.1) is 23.0 Å². The molecule has 8 heteroatoms. The number of aromatic nitrogens is 3. The highest BCUT2D eigenvalue weighted by molar-refractivity contribution is 5.91. The lowest BCUT2D eigenvalue weighted by Gasteiger charge is -2.48. The maximum atomic E-state index is 14.5. The fraction of sp³-hybridized carbons (Fsp3) is 0.462. The highest BCUT2D eigenvalue weighted by Crippen LogP contribution is 2.70. The highest BCUT2D eigenvalue weighted by Gasteiger charge is 2.66. The van der Waals surface area contributed by atoms with Gasteiger partial charge in [-0.3, -0.25) is 4.79 Å². The molecule has 1 amide bonds. The molecule has 3 aromatic rings. The molecule has 6 rings (SSSR count). The molecular weight excluding hydrogens is 438 g/mol. The van der Waals surface area contributed by atoms with Crippen LogP contribution in [0.2, 0.25) is 0 Å². The van der Waals surface area contributed by atoms with Crippen LogP contribution < -0.4 is 0 Å². The predicted octanol–water partition coefficient (Wildman–Crippen LogP) is 5.12. The number of benzene rings is 1. The number of piperidine rings is 1. The van der Waals surface area contributed by atoms with E-state index in [0.717, 1.165) is 36.9 Å². The number of amides is 1. The predicted molar refractivity (Wildman–Crippen MR) is 120 cm³/mol. The Morgan fingerprint density at radius 3 is 2.68 bits per heavy atom. The summed E-state index contributed by atoms with van der Waals surface area (Å²) >= 11 is 0. The quantitative estimate of drug-likeness (QED) is 0.538. The average molecular weight is 465 g/mol. The summed E-state index contributed by atoms with van der Waals surface area (Å²) in [7, 11) is 0. The van der Waals surface area contributed by atoms with E-state index in [0.29, 0.717) is 13.1 Å². The van der Waals surface area contributed by atoms with E-state index < -0.39 is 11.6 Å². The first kappa shape index (κ1) is 21.4. The third kappa shape index (κ3) is 2.77. The van der Waals surface area contributed by atoms with Crippen LogP contribution in [0.4, 0.5) is 8.78 Å². The summed E-state index contributed by atoms with van der Waals surface area (Å²) in [6, 6.07) is 7.28. The first-order valence-corrected chi connectivity index (χ1v) is 11.9. The highest BCUT2D eigenvalue weighted by atomic mass is 19.1. The molecule has 2 bridgehead atoms. The zero-order chi connectivity index (χ0) is 23.7. The number of halogens is 2. The van der Waals surface area contributed by atoms with Crippen molar-refractivity contribution < 1.29 is 18.1 Å². The van der Waals surface area contributed by atoms with Gasteiger partial charge in [0.25, 0.3) is 5.91 Å². The zero-order valence-electron chi connectivity index (χ0n) is 19.2. The molecule has 1 saturated carbocycles. The summed E-state index contributed by atoms with van der Waals surface area (Å²) in [5.41, 5.74) is 1.73. The van der Waals surface area contributed by atoms with Gasteiger partial charge in [-0.05, 0) is 66.7 Å². The Morgan fingerprint density at radius 1 is 1.15 bits per heavy atom. The van der Waals surface area contributed by atoms with Gasteiger partial charge in [-0.25, -0.2) is 8.78 Å². The second-order valence-corrected chi connectivity index (χ2v) is 10.4. The lowest BCUT2D eigenvalue weighted by atomic mass is 9.59. The molecule has 0 N–H and O–H groups in total. The first-order valence-electron chi connectivity index (χ1n) is 11.9. The standard InChI is InChI=1S/C26H26F2N4O2/c1-25(2)17-8-10-26(25,15-5-4-12-32(14-15)24(33)21-9-11-29-34-21)23-16(17)13-20(30-31-23)22-18(27)6-3-7-19(22)28/h3,6-7,9,11,13,15,17H,4-5,8,10,12,14H2,1-2H3/t15-,17-,26-/m0/s1. The molecule has 3 atom stereocenters. The maximum Gasteiger partial charge on any atom is 0.292 e. The summed E-state index contributed by atoms with van der Waals surface area (Å²) in [5.74, 6) is -0.724. The van der Waals surface area contributed by atoms with E-state index >= 15 is 0 Å². The second kappa shape index (κ2) is 7.42. The molecule has 2 aliphatic carbocycles. The number of rotatable bonds is 3. The van der Waals surface area contributed by atoms with E-state index in [4.69, 9.17) is 4.52 Å². The largest absolute Gasteiger partial charge is 0.351 e. The van der Waals surface area contributed by atoms with Crippen LogP contribution in [0.25, 0.3) is 11.3 Å². The zero-order valence-corrected chi connectivity index (χ0v) is 19.2. The van der Waals surface area contributed by atoms with Crippen LogP contribution in [0.3, 0.4) is 0 Å². The van der Waals surface area contributed by atoms with Crippen molar-refractivity contribution in [1.82, 2.24) is 20.3 Å². The van der Waals surface area contributed by atoms with E-state index in [-0.39, 0.29) is 45.6 Å². The van der Waals surface area contributed by atoms with Crippen molar-refractivity contribution in [3.05, 3.63) is 65.2 Å². The molecule has 2 fully saturated rings. The first-order chi connectivity index (χ1) is 16.3. The molecule has 34 heavy (non-hydrogen) atoms. The lowest BCUT2D eigenvalue weighted by Crippen LogP contribution is -2.51. The van der Waals surface area contributed by atoms with Crippen LogP contribution in [0.15, 0.2) is 41.1 Å². The molecule has 3 aliphatic rings. The minimum absolute atomic E-state index is 0.112. The Balaban J connectivity index is 1.40. The summed E-state index contributed by atoms with van der Waals surface area (Å²) in [6.45, 7) is 5.83. The molecule has 0 spiro atoms. The molecule has 3 heterocycles. The number of hydrogen-bond acceptors (Lipinski definition) is 5. The van der Waals surface area contributed by atoms with Crippen molar-refractivity contribution >= 4 is 5.91 Å². The molecule has 1 aromatic carbocycles. The number of nitrogens with zero attached hydrogens (tertiary/aromatic N) is 4. The molecule has 0 unspecified atom stereocenters. The normalized spacial score (nSPS) is 27.1. The van der Waals surface area contributed by atoms with Crippen LogP contribution >= 0.6 is 0 Å². The van der Waals surface area contributed by atoms with E-state index in [1.165, 1.54) is 24.4 Å². The maximum absolute atomic E-state index is 14.5. The van der Waals surface area contributed by atoms with E-state index in [1.54, 1.807) is 6.07 Å². The van der Waals surface area contributed by atoms with Gasteiger partial charge in [0.15, 0.2) is 0 Å². The van der Waals surface area contributed by atoms with Crippen molar-refractivity contribution in [3.8, 4) is 11.3 Å². The fourth-order valence-corrected chi connectivity index (χ4v) is 7.19. The molecule has 2 aromatic heterocycles. The Morgan fingerprint density at radius 2 is 1.94 bits per heavy atom. The summed E-state index contributed by atoms with van der Waals surface area (Å²) < 4.78 is 34.1. The smallest absolute Gasteiger partial charge is 0.292 e. The van der Waals surface area contributed by atoms with Crippen LogP contribution in [0.1, 0.15) is 67.3 Å². The van der Waals surface area contributed by atoms with E-state index in [9.17, 15) is 13.6 Å². The van der Waals surface area contributed by atoms with Gasteiger partial charge < -0.3 is 9.42 Å². The van der Waals surface area contributed by atoms with Gasteiger partial charge in [0.05, 0.1) is 23.1 Å². The van der Waals surface area contributed by atoms with Gasteiger partial charge in [-0.1, -0.05) is 25.1 Å². The molecule has 1 saturated heterocycles. The Labute approximate surface area is 196 Å². The summed E-state index contributed by atoms with van der Waals surface area (Å²) in [6.07, 6.45) is 5.32. The van der Waals surface area contributed by atoms with Gasteiger partial charge in [-0.2, -0.15) is 10.2 Å². The van der Waals surface area contributed by atoms with Crippen molar-refractivity contribution in [2.24, 2.45) is 11.3 Å². The molecule has 1 aliphatic heterocycles. The number of fused-ring (bicyclic) bond motifs is 5. The molecular formula is C26H26F2N4O2. The second-order valence-electron chi connectivity index (χ2n) is 10.4. The minimum Gasteiger partial charge on any atom is -0.351 e. The van der Waals surface area contributed by atoms with Gasteiger partial charge >= 0.3 is 0 Å². The van der Waals surface area contributed by atoms with Gasteiger partial charge in [0, 0.05) is 24.6 Å². The van der Waals surface area contributed by atoms with Crippen LogP contribution in [-0.4, -0.2) is 39.3 Å². The van der Waals surface area contributed by atoms with Crippen molar-refractivity contribution in [2.45, 2.75) is 50.9 Å². The van der Waals surface area contributed by atoms with Crippen LogP contribution in [0.5, 0.6) is 0 Å². The Hall–Kier alpha value is -3.16. The minimum atomic E-state index is -0.639. The van der Waals surface area contributed by atoms with Gasteiger partial charge in [0.1, 0.15) is 11.6 Å². The number of hydrogen-bond donors (Lipinski definition) is 0. The lowest BCUT2D eigenvalue weighted by molar-refractivity contribution is 0.0395. The van der Waals surface area contributed by atoms with E-state index in [1.807, 2.05) is 11.0 Å². The van der Waals surface area contributed by atoms with Gasteiger partial charge in [0.2, 0.25) is 5.76 Å². The monoisotopic (exact) mass is 464 g/mol. The summed E-state index contributed by atoms with van der Waals surface area (Å²) in [4.78, 5) is 14.9. The van der Waals surface area contributed by atoms with Crippen molar-refractivity contribution in [1.29, 1.82) is 0 Å². The number of carbonyl (C=O) groups is 1. The van der Waals surface area contributed by atoms with Gasteiger partial charge in [-0.15, -0.1) is 0 Å². The topological polar surface area (TPSA) is 72.1 Å². The molecule has 0 radical (unpaired) electrons. The molecule has 176 valence electrons. The number of likely N-dealkylation sites (tertiary alicyclic amines) is 1. The number of carbonyl (C=O) groups excluding carboxylic acids is 1. The fourth-order valence-electron chi connectivity index (χ4n) is 7.19. The van der Waals surface area contributed by atoms with Crippen molar-refractivity contribution in [3.63, 3.8) is 0 Å². The SMILES string of the molecule is CC1(C)[C@H]2CC[C@]1([C@H]1CCCN(C(=O)c3ccno3)C1)c1nnc(-c3c(F)cccc3F)cc12.